The predicted molar refractivity (Wildman–Crippen MR) is 361 cm³/mol. The van der Waals surface area contributed by atoms with Gasteiger partial charge in [0, 0.05) is 37.0 Å². The number of rotatable bonds is 36. The van der Waals surface area contributed by atoms with Crippen LogP contribution in [0.1, 0.15) is 266 Å². The van der Waals surface area contributed by atoms with Crippen LogP contribution in [0.5, 0.6) is 0 Å². The first kappa shape index (κ1) is 69.4. The van der Waals surface area contributed by atoms with Crippen molar-refractivity contribution in [3.8, 4) is 0 Å². The molecule has 3 unspecified atom stereocenters. The van der Waals surface area contributed by atoms with Crippen LogP contribution in [-0.2, 0) is 32.1 Å². The van der Waals surface area contributed by atoms with Gasteiger partial charge in [0.05, 0.1) is 0 Å². The second-order valence-electron chi connectivity index (χ2n) is 27.6. The van der Waals surface area contributed by atoms with E-state index < -0.39 is 0 Å². The molecule has 0 aliphatic heterocycles. The Hall–Kier alpha value is -3.37. The van der Waals surface area contributed by atoms with Crippen LogP contribution in [0.15, 0.2) is 146 Å². The molecule has 0 amide bonds. The zero-order valence-corrected chi connectivity index (χ0v) is 58.1. The monoisotopic (exact) mass is 1330 g/mol. The van der Waals surface area contributed by atoms with E-state index in [-0.39, 0.29) is 31.1 Å². The Bertz CT molecular complexity index is 2590. The summed E-state index contributed by atoms with van der Waals surface area (Å²) in [5.41, 5.74) is 22.6. The number of unbranched alkanes of at least 4 members (excludes halogenated alkanes) is 11. The zero-order chi connectivity index (χ0) is 58.2. The molecular weight excluding hydrogens is 1210 g/mol. The van der Waals surface area contributed by atoms with Gasteiger partial charge in [-0.3, -0.25) is 0 Å². The fourth-order valence-electron chi connectivity index (χ4n) is 15.2. The standard InChI is InChI=1S/C81H117.U/c1-14-33-76(73-47-51-81(52-48-73)59-63(7)53-71(60-81)57-75-46-45-68(55-65(75)9)35-29-30-50-80(12,13)49-15-2)54-62(6)42-44-70-37-31-36-69(56-70)43-41-61(5)34-27-25-23-21-19-18-20-22-24-26-28-38-74-39-32-40-77-66(10)78(67(11)79(74)77)58-72(17-4)64(8)16-3;/h14,16,31-33,36-37,39-40,45-46,54-56,71-73,78H,1,4-5,7,10-11,15,17-30,34-35,38,41-44,47-53,57-60H2,2-3,6,8-9,12-13H3;/q-1;/b62-54+,64-16+,76-33+;. The smallest absolute Gasteiger partial charge is 0.00947 e. The van der Waals surface area contributed by atoms with Crippen LogP contribution in [0, 0.1) is 79.5 Å². The molecule has 446 valence electrons. The Labute approximate surface area is 530 Å². The van der Waals surface area contributed by atoms with E-state index in [1.807, 2.05) is 6.08 Å². The Morgan fingerprint density at radius 2 is 1.37 bits per heavy atom. The Morgan fingerprint density at radius 1 is 0.732 bits per heavy atom. The van der Waals surface area contributed by atoms with Gasteiger partial charge in [0.2, 0.25) is 0 Å². The third-order valence-electron chi connectivity index (χ3n) is 20.2. The van der Waals surface area contributed by atoms with Gasteiger partial charge in [-0.1, -0.05) is 232 Å². The minimum atomic E-state index is 0. The number of fused-ring (bicyclic) bond motifs is 1. The molecule has 1 heteroatoms. The SMILES string of the molecule is C=C/C=C(\C=C(/C)CCc1cccc(CCC(=C)CCCCCCCCCCCCCc2cccc3c2C(=C)C(CC(C[CH2-])/C(C)=C/C)C3=C)c1)C1CCC2(CC1)CC(=C)CC(Cc1ccc(CCCCC(C)(C)CCC)cc1C)C2.[U]. The molecule has 3 aliphatic rings. The van der Waals surface area contributed by atoms with Crippen molar-refractivity contribution in [2.45, 2.75) is 260 Å². The summed E-state index contributed by atoms with van der Waals surface area (Å²) in [6.45, 7) is 43.1. The van der Waals surface area contributed by atoms with Crippen LogP contribution >= 0.6 is 0 Å². The molecule has 82 heavy (non-hydrogen) atoms. The molecule has 0 saturated heterocycles. The fourth-order valence-corrected chi connectivity index (χ4v) is 15.2. The number of benzene rings is 3. The first-order valence-electron chi connectivity index (χ1n) is 33.5. The first-order valence-corrected chi connectivity index (χ1v) is 33.5. The van der Waals surface area contributed by atoms with E-state index in [1.54, 1.807) is 5.56 Å². The summed E-state index contributed by atoms with van der Waals surface area (Å²) in [5, 5.41) is 0. The van der Waals surface area contributed by atoms with Gasteiger partial charge in [0.15, 0.2) is 0 Å². The van der Waals surface area contributed by atoms with Crippen molar-refractivity contribution >= 4 is 11.1 Å². The molecule has 0 heterocycles. The molecular formula is C81H117U-. The van der Waals surface area contributed by atoms with Crippen molar-refractivity contribution < 1.29 is 31.1 Å². The van der Waals surface area contributed by atoms with Gasteiger partial charge in [0.25, 0.3) is 0 Å². The number of hydrogen-bond acceptors (Lipinski definition) is 0. The third-order valence-corrected chi connectivity index (χ3v) is 20.2. The van der Waals surface area contributed by atoms with E-state index in [0.717, 1.165) is 44.9 Å². The number of aryl methyl sites for hydroxylation is 5. The van der Waals surface area contributed by atoms with E-state index in [1.165, 1.54) is 245 Å². The molecule has 0 nitrogen and oxygen atoms in total. The van der Waals surface area contributed by atoms with E-state index in [2.05, 4.69) is 167 Å². The van der Waals surface area contributed by atoms with Gasteiger partial charge < -0.3 is 6.92 Å². The molecule has 2 fully saturated rings. The molecule has 0 bridgehead atoms. The minimum Gasteiger partial charge on any atom is -0.343 e. The molecule has 3 aromatic carbocycles. The van der Waals surface area contributed by atoms with Crippen molar-refractivity contribution in [1.82, 2.24) is 0 Å². The van der Waals surface area contributed by atoms with E-state index in [4.69, 9.17) is 0 Å². The quantitative estimate of drug-likeness (QED) is 0.0236. The summed E-state index contributed by atoms with van der Waals surface area (Å²) in [4.78, 5) is 0. The van der Waals surface area contributed by atoms with Gasteiger partial charge in [-0.05, 0) is 252 Å². The summed E-state index contributed by atoms with van der Waals surface area (Å²) in [7, 11) is 0. The summed E-state index contributed by atoms with van der Waals surface area (Å²) in [5.74, 6) is 2.17. The van der Waals surface area contributed by atoms with E-state index in [0.29, 0.717) is 34.5 Å². The Balaban J connectivity index is 0.0000123. The average molecular weight is 1330 g/mol. The van der Waals surface area contributed by atoms with Crippen molar-refractivity contribution in [2.75, 3.05) is 0 Å². The number of hydrogen-bond donors (Lipinski definition) is 0. The molecule has 0 aromatic heterocycles. The predicted octanol–water partition coefficient (Wildman–Crippen LogP) is 24.6. The zero-order valence-electron chi connectivity index (χ0n) is 54.0. The third kappa shape index (κ3) is 22.2. The van der Waals surface area contributed by atoms with Crippen LogP contribution in [0.25, 0.3) is 11.1 Å². The topological polar surface area (TPSA) is 0 Å². The van der Waals surface area contributed by atoms with Gasteiger partial charge in [0.1, 0.15) is 0 Å². The molecule has 2 saturated carbocycles. The van der Waals surface area contributed by atoms with Gasteiger partial charge in [-0.2, -0.15) is 6.42 Å². The number of allylic oxidation sites excluding steroid dienone is 11. The van der Waals surface area contributed by atoms with Crippen LogP contribution in [0.4, 0.5) is 0 Å². The Morgan fingerprint density at radius 3 is 2.01 bits per heavy atom. The summed E-state index contributed by atoms with van der Waals surface area (Å²) in [6, 6.07) is 23.7. The summed E-state index contributed by atoms with van der Waals surface area (Å²) >= 11 is 0. The summed E-state index contributed by atoms with van der Waals surface area (Å²) < 4.78 is 0. The maximum absolute atomic E-state index is 4.66. The molecule has 1 spiro atoms. The second kappa shape index (κ2) is 35.9. The van der Waals surface area contributed by atoms with Crippen LogP contribution in [0.3, 0.4) is 0 Å². The molecule has 0 radical (unpaired) electrons. The first-order chi connectivity index (χ1) is 39.1. The van der Waals surface area contributed by atoms with Crippen molar-refractivity contribution in [3.05, 3.63) is 197 Å². The average Bonchev–Trinajstić information content (AvgIpc) is 3.79. The molecule has 6 rings (SSSR count). The molecule has 3 atom stereocenters. The molecule has 3 aliphatic carbocycles. The maximum Gasteiger partial charge on any atom is 0.00947 e. The van der Waals surface area contributed by atoms with Crippen LogP contribution < -0.4 is 0 Å². The van der Waals surface area contributed by atoms with Crippen molar-refractivity contribution in [3.63, 3.8) is 0 Å². The fraction of sp³-hybridized carbons (Fsp3) is 0.568. The van der Waals surface area contributed by atoms with E-state index >= 15 is 0 Å². The van der Waals surface area contributed by atoms with Crippen LogP contribution in [0.2, 0.25) is 0 Å². The molecule has 3 aromatic rings. The van der Waals surface area contributed by atoms with Gasteiger partial charge in [-0.15, -0.1) is 0 Å². The minimum absolute atomic E-state index is 0. The van der Waals surface area contributed by atoms with Gasteiger partial charge >= 0.3 is 0 Å². The van der Waals surface area contributed by atoms with E-state index in [9.17, 15) is 0 Å². The van der Waals surface area contributed by atoms with Crippen molar-refractivity contribution in [2.24, 2.45) is 34.5 Å². The second-order valence-corrected chi connectivity index (χ2v) is 27.6. The van der Waals surface area contributed by atoms with Crippen LogP contribution in [-0.4, -0.2) is 0 Å². The molecule has 0 N–H and O–H groups in total. The summed E-state index contributed by atoms with van der Waals surface area (Å²) in [6.07, 6.45) is 50.8. The maximum atomic E-state index is 4.66. The Kier molecular flexibility index (Phi) is 30.4. The largest absolute Gasteiger partial charge is 0.343 e. The van der Waals surface area contributed by atoms with Gasteiger partial charge in [-0.25, -0.2) is 0 Å². The normalized spacial score (nSPS) is 20.1. The van der Waals surface area contributed by atoms with Crippen molar-refractivity contribution in [1.29, 1.82) is 0 Å².